The molecule has 1 rings (SSSR count). The summed E-state index contributed by atoms with van der Waals surface area (Å²) in [5.41, 5.74) is 0. The number of nitrogens with zero attached hydrogens (tertiary/aromatic N) is 2. The van der Waals surface area contributed by atoms with Gasteiger partial charge in [0.05, 0.1) is 0 Å². The minimum atomic E-state index is -3.37. The molecular weight excluding hydrogens is 236 g/mol. The number of carbonyl (C=O) groups is 1. The number of sulfone groups is 1. The molecule has 1 amide bonds. The van der Waals surface area contributed by atoms with Gasteiger partial charge in [0.25, 0.3) is 5.91 Å². The third kappa shape index (κ3) is 3.00. The summed E-state index contributed by atoms with van der Waals surface area (Å²) in [5.74, 6) is -0.629. The molecule has 0 aliphatic heterocycles. The van der Waals surface area contributed by atoms with Crippen LogP contribution in [0.3, 0.4) is 0 Å². The van der Waals surface area contributed by atoms with Crippen LogP contribution in [0.1, 0.15) is 6.92 Å². The lowest BCUT2D eigenvalue weighted by Crippen LogP contribution is -2.27. The molecule has 1 heterocycles. The number of aromatic nitrogens is 1. The predicted octanol–water partition coefficient (Wildman–Crippen LogP) is -0.0530. The molecule has 1 aromatic rings. The molecule has 7 heteroatoms. The second kappa shape index (κ2) is 4.28. The normalized spacial score (nSPS) is 15.3. The van der Waals surface area contributed by atoms with E-state index in [1.165, 1.54) is 18.3 Å². The van der Waals surface area contributed by atoms with Crippen molar-refractivity contribution in [3.63, 3.8) is 0 Å². The molecule has 0 saturated heterocycles. The predicted molar refractivity (Wildman–Crippen MR) is 58.2 cm³/mol. The van der Waals surface area contributed by atoms with Gasteiger partial charge in [-0.25, -0.2) is 8.42 Å². The summed E-state index contributed by atoms with van der Waals surface area (Å²) >= 11 is 1.29. The zero-order valence-electron chi connectivity index (χ0n) is 8.67. The highest BCUT2D eigenvalue weighted by atomic mass is 32.2. The highest BCUT2D eigenvalue weighted by Crippen LogP contribution is 2.00. The number of amides is 1. The Bertz CT molecular complexity index is 524. The van der Waals surface area contributed by atoms with Crippen LogP contribution >= 0.6 is 11.3 Å². The van der Waals surface area contributed by atoms with Crippen molar-refractivity contribution < 1.29 is 13.2 Å². The second-order valence-corrected chi connectivity index (χ2v) is 6.46. The maximum atomic E-state index is 11.5. The van der Waals surface area contributed by atoms with Crippen molar-refractivity contribution >= 4 is 27.1 Å². The molecule has 0 fully saturated rings. The number of aryl methyl sites for hydroxylation is 1. The van der Waals surface area contributed by atoms with Gasteiger partial charge in [-0.15, -0.1) is 11.3 Å². The van der Waals surface area contributed by atoms with E-state index in [4.69, 9.17) is 0 Å². The Hall–Kier alpha value is -0.950. The highest BCUT2D eigenvalue weighted by molar-refractivity contribution is 7.92. The van der Waals surface area contributed by atoms with E-state index in [1.54, 1.807) is 23.2 Å². The fraction of sp³-hybridized carbons (Fsp3) is 0.500. The Morgan fingerprint density at radius 1 is 1.60 bits per heavy atom. The molecule has 0 aromatic carbocycles. The smallest absolute Gasteiger partial charge is 0.266 e. The lowest BCUT2D eigenvalue weighted by molar-refractivity contribution is -0.117. The molecule has 0 bridgehead atoms. The fourth-order valence-corrected chi connectivity index (χ4v) is 1.96. The Balaban J connectivity index is 3.05. The van der Waals surface area contributed by atoms with Crippen LogP contribution in [-0.2, 0) is 21.7 Å². The average molecular weight is 248 g/mol. The molecule has 0 saturated carbocycles. The first-order chi connectivity index (χ1) is 6.82. The van der Waals surface area contributed by atoms with Crippen LogP contribution in [0.5, 0.6) is 0 Å². The topological polar surface area (TPSA) is 68.5 Å². The van der Waals surface area contributed by atoms with E-state index < -0.39 is 21.0 Å². The van der Waals surface area contributed by atoms with Gasteiger partial charge >= 0.3 is 0 Å². The molecule has 0 radical (unpaired) electrons. The van der Waals surface area contributed by atoms with E-state index in [9.17, 15) is 13.2 Å². The summed E-state index contributed by atoms with van der Waals surface area (Å²) in [5, 5.41) is 0.691. The molecule has 0 aliphatic rings. The summed E-state index contributed by atoms with van der Waals surface area (Å²) in [7, 11) is -1.62. The molecule has 5 nitrogen and oxygen atoms in total. The lowest BCUT2D eigenvalue weighted by Gasteiger charge is -2.02. The van der Waals surface area contributed by atoms with E-state index in [-0.39, 0.29) is 0 Å². The lowest BCUT2D eigenvalue weighted by atomic mass is 10.5. The summed E-state index contributed by atoms with van der Waals surface area (Å²) in [6, 6.07) is 0. The Kier molecular flexibility index (Phi) is 3.46. The molecule has 15 heavy (non-hydrogen) atoms. The largest absolute Gasteiger partial charge is 0.327 e. The number of hydrogen-bond donors (Lipinski definition) is 0. The van der Waals surface area contributed by atoms with E-state index in [2.05, 4.69) is 4.99 Å². The van der Waals surface area contributed by atoms with Crippen LogP contribution < -0.4 is 4.80 Å². The summed E-state index contributed by atoms with van der Waals surface area (Å²) in [4.78, 5) is 15.7. The van der Waals surface area contributed by atoms with Crippen molar-refractivity contribution in [2.24, 2.45) is 12.0 Å². The molecule has 1 aromatic heterocycles. The van der Waals surface area contributed by atoms with E-state index in [0.717, 1.165) is 6.26 Å². The fourth-order valence-electron chi connectivity index (χ4n) is 0.803. The first kappa shape index (κ1) is 12.1. The highest BCUT2D eigenvalue weighted by Gasteiger charge is 2.22. The molecule has 1 atom stereocenters. The third-order valence-electron chi connectivity index (χ3n) is 1.96. The van der Waals surface area contributed by atoms with Gasteiger partial charge in [0.1, 0.15) is 5.25 Å². The second-order valence-electron chi connectivity index (χ2n) is 3.22. The Labute approximate surface area is 92.0 Å². The van der Waals surface area contributed by atoms with Crippen molar-refractivity contribution in [1.29, 1.82) is 0 Å². The van der Waals surface area contributed by atoms with Crippen LogP contribution in [0, 0.1) is 0 Å². The van der Waals surface area contributed by atoms with Crippen LogP contribution in [0.15, 0.2) is 16.6 Å². The van der Waals surface area contributed by atoms with Gasteiger partial charge in [0.2, 0.25) is 0 Å². The van der Waals surface area contributed by atoms with Crippen molar-refractivity contribution in [3.8, 4) is 0 Å². The van der Waals surface area contributed by atoms with Gasteiger partial charge in [0, 0.05) is 24.9 Å². The van der Waals surface area contributed by atoms with Crippen molar-refractivity contribution in [1.82, 2.24) is 4.57 Å². The van der Waals surface area contributed by atoms with Crippen LogP contribution in [0.25, 0.3) is 0 Å². The number of carbonyl (C=O) groups excluding carboxylic acids is 1. The van der Waals surface area contributed by atoms with Crippen LogP contribution in [0.4, 0.5) is 0 Å². The first-order valence-corrected chi connectivity index (χ1v) is 7.03. The van der Waals surface area contributed by atoms with Gasteiger partial charge < -0.3 is 4.57 Å². The summed E-state index contributed by atoms with van der Waals surface area (Å²) < 4.78 is 23.9. The third-order valence-corrected chi connectivity index (χ3v) is 4.29. The Morgan fingerprint density at radius 2 is 2.20 bits per heavy atom. The van der Waals surface area contributed by atoms with Crippen LogP contribution in [-0.4, -0.2) is 30.4 Å². The van der Waals surface area contributed by atoms with Gasteiger partial charge in [-0.05, 0) is 6.92 Å². The average Bonchev–Trinajstić information content (AvgIpc) is 2.49. The summed E-state index contributed by atoms with van der Waals surface area (Å²) in [6.45, 7) is 1.34. The van der Waals surface area contributed by atoms with Crippen LogP contribution in [0.2, 0.25) is 0 Å². The zero-order valence-corrected chi connectivity index (χ0v) is 10.3. The van der Waals surface area contributed by atoms with Gasteiger partial charge in [0.15, 0.2) is 14.6 Å². The molecule has 0 spiro atoms. The van der Waals surface area contributed by atoms with Gasteiger partial charge in [-0.2, -0.15) is 4.99 Å². The molecule has 0 aliphatic carbocycles. The van der Waals surface area contributed by atoms with Crippen molar-refractivity contribution in [3.05, 3.63) is 16.4 Å². The molecular formula is C8H12N2O3S2. The standard InChI is InChI=1S/C8H12N2O3S2/c1-6(15(3,12)13)7(11)9-8-10(2)4-5-14-8/h4-6H,1-3H3/t6-/m1/s1. The zero-order chi connectivity index (χ0) is 11.6. The van der Waals surface area contributed by atoms with E-state index >= 15 is 0 Å². The number of hydrogen-bond acceptors (Lipinski definition) is 4. The quantitative estimate of drug-likeness (QED) is 0.736. The van der Waals surface area contributed by atoms with Crippen molar-refractivity contribution in [2.45, 2.75) is 12.2 Å². The first-order valence-electron chi connectivity index (χ1n) is 4.20. The molecule has 0 unspecified atom stereocenters. The number of thiazole rings is 1. The summed E-state index contributed by atoms with van der Waals surface area (Å²) in [6.07, 6.45) is 2.78. The maximum Gasteiger partial charge on any atom is 0.266 e. The van der Waals surface area contributed by atoms with Gasteiger partial charge in [-0.3, -0.25) is 4.79 Å². The van der Waals surface area contributed by atoms with E-state index in [0.29, 0.717) is 4.80 Å². The molecule has 0 N–H and O–H groups in total. The molecule has 84 valence electrons. The Morgan fingerprint density at radius 3 is 2.60 bits per heavy atom. The number of rotatable bonds is 2. The van der Waals surface area contributed by atoms with Crippen molar-refractivity contribution in [2.75, 3.05) is 6.26 Å². The minimum Gasteiger partial charge on any atom is -0.327 e. The minimum absolute atomic E-state index is 0.496. The van der Waals surface area contributed by atoms with E-state index in [1.807, 2.05) is 0 Å². The SMILES string of the molecule is C[C@H](C(=O)N=c1sccn1C)S(C)(=O)=O. The maximum absolute atomic E-state index is 11.5. The van der Waals surface area contributed by atoms with Gasteiger partial charge in [-0.1, -0.05) is 0 Å². The monoisotopic (exact) mass is 248 g/mol.